The van der Waals surface area contributed by atoms with Crippen LogP contribution in [0.25, 0.3) is 0 Å². The summed E-state index contributed by atoms with van der Waals surface area (Å²) in [6.45, 7) is 4.03. The Morgan fingerprint density at radius 2 is 2.32 bits per heavy atom. The van der Waals surface area contributed by atoms with Gasteiger partial charge in [-0.25, -0.2) is 0 Å². The highest BCUT2D eigenvalue weighted by atomic mass is 79.9. The number of halogens is 2. The van der Waals surface area contributed by atoms with Gasteiger partial charge in [-0.15, -0.1) is 0 Å². The van der Waals surface area contributed by atoms with E-state index in [0.717, 1.165) is 35.5 Å². The molecule has 1 N–H and O–H groups in total. The first-order chi connectivity index (χ1) is 9.19. The largest absolute Gasteiger partial charge is 0.378 e. The second kappa shape index (κ2) is 7.63. The van der Waals surface area contributed by atoms with Crippen LogP contribution in [0.1, 0.15) is 44.2 Å². The van der Waals surface area contributed by atoms with E-state index in [1.54, 1.807) is 0 Å². The number of benzene rings is 1. The third kappa shape index (κ3) is 4.75. The lowest BCUT2D eigenvalue weighted by atomic mass is 9.99. The zero-order chi connectivity index (χ0) is 13.7. The van der Waals surface area contributed by atoms with E-state index in [1.807, 2.05) is 6.07 Å². The summed E-state index contributed by atoms with van der Waals surface area (Å²) in [7, 11) is 0. The van der Waals surface area contributed by atoms with Gasteiger partial charge in [-0.2, -0.15) is 0 Å². The molecule has 0 aliphatic carbocycles. The van der Waals surface area contributed by atoms with Gasteiger partial charge in [-0.05, 0) is 56.0 Å². The van der Waals surface area contributed by atoms with Crippen LogP contribution in [0, 0.1) is 0 Å². The Balaban J connectivity index is 2.00. The fourth-order valence-corrected chi connectivity index (χ4v) is 3.52. The Hall–Kier alpha value is -0.0900. The van der Waals surface area contributed by atoms with E-state index in [9.17, 15) is 0 Å². The number of nitrogens with one attached hydrogen (secondary N) is 1. The quantitative estimate of drug-likeness (QED) is 0.805. The zero-order valence-corrected chi connectivity index (χ0v) is 13.6. The highest BCUT2D eigenvalue weighted by Gasteiger charge is 2.19. The van der Waals surface area contributed by atoms with Crippen LogP contribution in [0.2, 0.25) is 5.02 Å². The molecule has 2 atom stereocenters. The fourth-order valence-electron chi connectivity index (χ4n) is 2.63. The average Bonchev–Trinajstić information content (AvgIpc) is 2.86. The van der Waals surface area contributed by atoms with Gasteiger partial charge >= 0.3 is 0 Å². The Kier molecular flexibility index (Phi) is 6.14. The maximum atomic E-state index is 6.14. The van der Waals surface area contributed by atoms with Crippen molar-refractivity contribution in [2.24, 2.45) is 0 Å². The molecule has 1 aliphatic heterocycles. The minimum Gasteiger partial charge on any atom is -0.378 e. The lowest BCUT2D eigenvalue weighted by Gasteiger charge is -2.20. The van der Waals surface area contributed by atoms with Gasteiger partial charge in [0, 0.05) is 22.1 Å². The van der Waals surface area contributed by atoms with Gasteiger partial charge in [0.2, 0.25) is 0 Å². The molecule has 0 amide bonds. The van der Waals surface area contributed by atoms with E-state index in [-0.39, 0.29) is 0 Å². The maximum Gasteiger partial charge on any atom is 0.0576 e. The lowest BCUT2D eigenvalue weighted by Crippen LogP contribution is -2.22. The highest BCUT2D eigenvalue weighted by molar-refractivity contribution is 9.10. The van der Waals surface area contributed by atoms with E-state index in [2.05, 4.69) is 40.3 Å². The van der Waals surface area contributed by atoms with E-state index in [4.69, 9.17) is 16.3 Å². The average molecular weight is 347 g/mol. The SMILES string of the molecule is CCNC(CCC1CCCO1)c1cc(Cl)cc(Br)c1. The van der Waals surface area contributed by atoms with Gasteiger partial charge in [-0.3, -0.25) is 0 Å². The topological polar surface area (TPSA) is 21.3 Å². The first kappa shape index (κ1) is 15.3. The molecule has 1 aliphatic rings. The number of hydrogen-bond acceptors (Lipinski definition) is 2. The molecule has 106 valence electrons. The molecule has 1 saturated heterocycles. The lowest BCUT2D eigenvalue weighted by molar-refractivity contribution is 0.0996. The summed E-state index contributed by atoms with van der Waals surface area (Å²) in [6.07, 6.45) is 5.06. The van der Waals surface area contributed by atoms with Crippen molar-refractivity contribution in [1.29, 1.82) is 0 Å². The molecular formula is C15H21BrClNO. The zero-order valence-electron chi connectivity index (χ0n) is 11.3. The second-order valence-electron chi connectivity index (χ2n) is 5.03. The molecule has 0 spiro atoms. The number of ether oxygens (including phenoxy) is 1. The van der Waals surface area contributed by atoms with Crippen LogP contribution in [0.3, 0.4) is 0 Å². The fraction of sp³-hybridized carbons (Fsp3) is 0.600. The van der Waals surface area contributed by atoms with Gasteiger partial charge in [0.25, 0.3) is 0 Å². The Labute approximate surface area is 129 Å². The molecule has 0 saturated carbocycles. The smallest absolute Gasteiger partial charge is 0.0576 e. The molecule has 0 bridgehead atoms. The summed E-state index contributed by atoms with van der Waals surface area (Å²) >= 11 is 9.65. The van der Waals surface area contributed by atoms with Crippen molar-refractivity contribution in [2.45, 2.75) is 44.8 Å². The maximum absolute atomic E-state index is 6.14. The number of hydrogen-bond donors (Lipinski definition) is 1. The van der Waals surface area contributed by atoms with Gasteiger partial charge in [0.05, 0.1) is 6.10 Å². The highest BCUT2D eigenvalue weighted by Crippen LogP contribution is 2.28. The monoisotopic (exact) mass is 345 g/mol. The molecule has 2 rings (SSSR count). The van der Waals surface area contributed by atoms with Crippen LogP contribution in [0.4, 0.5) is 0 Å². The summed E-state index contributed by atoms with van der Waals surface area (Å²) in [5.74, 6) is 0. The summed E-state index contributed by atoms with van der Waals surface area (Å²) < 4.78 is 6.74. The normalized spacial score (nSPS) is 20.7. The van der Waals surface area contributed by atoms with E-state index in [1.165, 1.54) is 18.4 Å². The van der Waals surface area contributed by atoms with Crippen LogP contribution in [0.15, 0.2) is 22.7 Å². The molecule has 0 aromatic heterocycles. The standard InChI is InChI=1S/C15H21BrClNO/c1-2-18-15(6-5-14-4-3-7-19-14)11-8-12(16)10-13(17)9-11/h8-10,14-15,18H,2-7H2,1H3. The number of rotatable bonds is 6. The molecule has 1 heterocycles. The van der Waals surface area contributed by atoms with Crippen molar-refractivity contribution in [1.82, 2.24) is 5.32 Å². The van der Waals surface area contributed by atoms with Crippen molar-refractivity contribution < 1.29 is 4.74 Å². The summed E-state index contributed by atoms with van der Waals surface area (Å²) in [4.78, 5) is 0. The van der Waals surface area contributed by atoms with E-state index < -0.39 is 0 Å². The third-order valence-electron chi connectivity index (χ3n) is 3.54. The molecule has 0 radical (unpaired) electrons. The van der Waals surface area contributed by atoms with Crippen LogP contribution in [-0.4, -0.2) is 19.3 Å². The van der Waals surface area contributed by atoms with Gasteiger partial charge in [0.1, 0.15) is 0 Å². The molecule has 1 aromatic rings. The van der Waals surface area contributed by atoms with Crippen molar-refractivity contribution in [2.75, 3.05) is 13.2 Å². The molecule has 1 fully saturated rings. The Morgan fingerprint density at radius 1 is 1.47 bits per heavy atom. The first-order valence-corrected chi connectivity index (χ1v) is 8.17. The first-order valence-electron chi connectivity index (χ1n) is 7.00. The minimum absolute atomic E-state index is 0.351. The predicted molar refractivity (Wildman–Crippen MR) is 83.8 cm³/mol. The van der Waals surface area contributed by atoms with Crippen molar-refractivity contribution in [3.8, 4) is 0 Å². The molecule has 2 nitrogen and oxygen atoms in total. The Morgan fingerprint density at radius 3 is 2.95 bits per heavy atom. The van der Waals surface area contributed by atoms with Crippen LogP contribution in [0.5, 0.6) is 0 Å². The molecular weight excluding hydrogens is 326 g/mol. The van der Waals surface area contributed by atoms with Crippen molar-refractivity contribution in [3.63, 3.8) is 0 Å². The predicted octanol–water partition coefficient (Wildman–Crippen LogP) is 4.71. The van der Waals surface area contributed by atoms with Crippen LogP contribution in [-0.2, 0) is 4.74 Å². The summed E-state index contributed by atoms with van der Waals surface area (Å²) in [6, 6.07) is 6.47. The van der Waals surface area contributed by atoms with Gasteiger partial charge in [-0.1, -0.05) is 34.5 Å². The van der Waals surface area contributed by atoms with Crippen molar-refractivity contribution >= 4 is 27.5 Å². The molecule has 19 heavy (non-hydrogen) atoms. The van der Waals surface area contributed by atoms with Crippen LogP contribution < -0.4 is 5.32 Å². The van der Waals surface area contributed by atoms with Crippen molar-refractivity contribution in [3.05, 3.63) is 33.3 Å². The molecule has 4 heteroatoms. The second-order valence-corrected chi connectivity index (χ2v) is 6.38. The van der Waals surface area contributed by atoms with Gasteiger partial charge in [0.15, 0.2) is 0 Å². The molecule has 1 aromatic carbocycles. The molecule has 2 unspecified atom stereocenters. The van der Waals surface area contributed by atoms with Gasteiger partial charge < -0.3 is 10.1 Å². The minimum atomic E-state index is 0.351. The summed E-state index contributed by atoms with van der Waals surface area (Å²) in [5.41, 5.74) is 1.25. The summed E-state index contributed by atoms with van der Waals surface area (Å²) in [5, 5.41) is 4.32. The van der Waals surface area contributed by atoms with Crippen LogP contribution >= 0.6 is 27.5 Å². The third-order valence-corrected chi connectivity index (χ3v) is 4.22. The Bertz CT molecular complexity index is 387. The van der Waals surface area contributed by atoms with E-state index in [0.29, 0.717) is 12.1 Å². The van der Waals surface area contributed by atoms with E-state index >= 15 is 0 Å².